The Labute approximate surface area is 226 Å². The van der Waals surface area contributed by atoms with Gasteiger partial charge in [0.05, 0.1) is 13.2 Å². The quantitative estimate of drug-likeness (QED) is 0.563. The predicted molar refractivity (Wildman–Crippen MR) is 152 cm³/mol. The van der Waals surface area contributed by atoms with Gasteiger partial charge in [-0.15, -0.1) is 0 Å². The molecule has 38 heavy (non-hydrogen) atoms. The van der Waals surface area contributed by atoms with Gasteiger partial charge in [0.2, 0.25) is 0 Å². The number of likely N-dealkylation sites (tertiary alicyclic amines) is 1. The second-order valence-electron chi connectivity index (χ2n) is 11.1. The van der Waals surface area contributed by atoms with Gasteiger partial charge >= 0.3 is 0 Å². The van der Waals surface area contributed by atoms with Gasteiger partial charge in [0.25, 0.3) is 0 Å². The van der Waals surface area contributed by atoms with Crippen LogP contribution in [0.3, 0.4) is 0 Å². The second kappa shape index (κ2) is 11.4. The van der Waals surface area contributed by atoms with Crippen molar-refractivity contribution in [1.82, 2.24) is 20.1 Å². The maximum Gasteiger partial charge on any atom is 0.146 e. The molecule has 0 radical (unpaired) electrons. The number of aromatic nitrogens is 1. The first-order valence-corrected chi connectivity index (χ1v) is 14.2. The van der Waals surface area contributed by atoms with Crippen LogP contribution in [0.1, 0.15) is 54.3 Å². The molecule has 6 rings (SSSR count). The van der Waals surface area contributed by atoms with E-state index >= 15 is 0 Å². The van der Waals surface area contributed by atoms with Crippen molar-refractivity contribution in [3.05, 3.63) is 53.2 Å². The van der Waals surface area contributed by atoms with Gasteiger partial charge in [0.1, 0.15) is 24.0 Å². The van der Waals surface area contributed by atoms with E-state index in [9.17, 15) is 4.79 Å². The number of fused-ring (bicyclic) bond motifs is 1. The lowest BCUT2D eigenvalue weighted by Gasteiger charge is -2.40. The zero-order valence-corrected chi connectivity index (χ0v) is 22.4. The first-order valence-electron chi connectivity index (χ1n) is 14.2. The van der Waals surface area contributed by atoms with Gasteiger partial charge < -0.3 is 30.0 Å². The number of rotatable bonds is 6. The molecular formula is C30H40N6O2. The maximum atomic E-state index is 12.0. The number of pyridine rings is 1. The number of morpholine rings is 1. The summed E-state index contributed by atoms with van der Waals surface area (Å²) in [4.78, 5) is 24.5. The predicted octanol–water partition coefficient (Wildman–Crippen LogP) is 3.75. The zero-order chi connectivity index (χ0) is 25.9. The third-order valence-corrected chi connectivity index (χ3v) is 8.78. The highest BCUT2D eigenvalue weighted by Crippen LogP contribution is 2.35. The largest absolute Gasteiger partial charge is 0.379 e. The Morgan fingerprint density at radius 2 is 1.74 bits per heavy atom. The van der Waals surface area contributed by atoms with E-state index in [1.165, 1.54) is 18.4 Å². The molecule has 0 amide bonds. The molecule has 8 heteroatoms. The summed E-state index contributed by atoms with van der Waals surface area (Å²) in [7, 11) is 2.20. The van der Waals surface area contributed by atoms with Crippen LogP contribution in [0.5, 0.6) is 0 Å². The SMILES string of the molecule is CN1CCC(c2ccc(Nc3nc(N4CCC(N5CCOCC5)CC4)cc4c3C(C=O)NC=C4)cc2)CC1. The number of carbonyl (C=O) groups excluding carboxylic acids is 1. The highest BCUT2D eigenvalue weighted by molar-refractivity contribution is 5.78. The molecule has 4 aliphatic heterocycles. The Balaban J connectivity index is 1.21. The van der Waals surface area contributed by atoms with Crippen LogP contribution >= 0.6 is 0 Å². The van der Waals surface area contributed by atoms with Gasteiger partial charge in [-0.25, -0.2) is 4.98 Å². The van der Waals surface area contributed by atoms with Crippen molar-refractivity contribution in [2.75, 3.05) is 69.7 Å². The van der Waals surface area contributed by atoms with E-state index in [2.05, 4.69) is 68.8 Å². The van der Waals surface area contributed by atoms with Crippen molar-refractivity contribution in [1.29, 1.82) is 0 Å². The molecule has 5 heterocycles. The lowest BCUT2D eigenvalue weighted by atomic mass is 9.89. The van der Waals surface area contributed by atoms with Crippen LogP contribution in [0.15, 0.2) is 36.5 Å². The molecule has 3 fully saturated rings. The van der Waals surface area contributed by atoms with Crippen molar-refractivity contribution in [2.45, 2.75) is 43.7 Å². The molecule has 2 N–H and O–H groups in total. The number of hydrogen-bond acceptors (Lipinski definition) is 8. The van der Waals surface area contributed by atoms with E-state index in [0.29, 0.717) is 12.0 Å². The Morgan fingerprint density at radius 3 is 2.45 bits per heavy atom. The average Bonchev–Trinajstić information content (AvgIpc) is 2.98. The number of nitrogens with one attached hydrogen (secondary N) is 2. The summed E-state index contributed by atoms with van der Waals surface area (Å²) in [5, 5.41) is 6.76. The maximum absolute atomic E-state index is 12.0. The lowest BCUT2D eigenvalue weighted by molar-refractivity contribution is -0.109. The highest BCUT2D eigenvalue weighted by atomic mass is 16.5. The van der Waals surface area contributed by atoms with E-state index in [0.717, 1.165) is 100 Å². The molecule has 8 nitrogen and oxygen atoms in total. The van der Waals surface area contributed by atoms with Gasteiger partial charge in [-0.1, -0.05) is 12.1 Å². The Hall–Kier alpha value is -2.94. The summed E-state index contributed by atoms with van der Waals surface area (Å²) in [5.41, 5.74) is 4.37. The van der Waals surface area contributed by atoms with Crippen LogP contribution in [-0.2, 0) is 9.53 Å². The number of anilines is 3. The molecule has 2 aromatic rings. The summed E-state index contributed by atoms with van der Waals surface area (Å²) >= 11 is 0. The van der Waals surface area contributed by atoms with Crippen LogP contribution in [0, 0.1) is 0 Å². The monoisotopic (exact) mass is 516 g/mol. The molecule has 0 aliphatic carbocycles. The van der Waals surface area contributed by atoms with Crippen LogP contribution in [0.2, 0.25) is 0 Å². The topological polar surface area (TPSA) is 73.0 Å². The molecule has 4 aliphatic rings. The molecule has 1 aromatic heterocycles. The van der Waals surface area contributed by atoms with Gasteiger partial charge in [-0.3, -0.25) is 4.90 Å². The molecular weight excluding hydrogens is 476 g/mol. The minimum absolute atomic E-state index is 0.412. The minimum atomic E-state index is -0.412. The number of ether oxygens (including phenoxy) is 1. The Bertz CT molecular complexity index is 1130. The van der Waals surface area contributed by atoms with Crippen molar-refractivity contribution < 1.29 is 9.53 Å². The zero-order valence-electron chi connectivity index (χ0n) is 22.4. The number of nitrogens with zero attached hydrogens (tertiary/aromatic N) is 4. The van der Waals surface area contributed by atoms with E-state index in [-0.39, 0.29) is 0 Å². The lowest BCUT2D eigenvalue weighted by Crippen LogP contribution is -2.49. The average molecular weight is 517 g/mol. The minimum Gasteiger partial charge on any atom is -0.379 e. The number of hydrogen-bond donors (Lipinski definition) is 2. The van der Waals surface area contributed by atoms with Crippen LogP contribution in [-0.4, -0.2) is 86.6 Å². The fraction of sp³-hybridized carbons (Fsp3) is 0.533. The van der Waals surface area contributed by atoms with E-state index in [1.807, 2.05) is 6.20 Å². The number of carbonyl (C=O) groups is 1. The molecule has 1 unspecified atom stereocenters. The third-order valence-electron chi connectivity index (χ3n) is 8.78. The first-order chi connectivity index (χ1) is 18.7. The van der Waals surface area contributed by atoms with Crippen molar-refractivity contribution >= 4 is 29.7 Å². The first kappa shape index (κ1) is 25.3. The van der Waals surface area contributed by atoms with E-state index in [4.69, 9.17) is 9.72 Å². The van der Waals surface area contributed by atoms with E-state index < -0.39 is 6.04 Å². The van der Waals surface area contributed by atoms with Gasteiger partial charge in [-0.05, 0) is 93.3 Å². The second-order valence-corrected chi connectivity index (χ2v) is 11.1. The van der Waals surface area contributed by atoms with Crippen LogP contribution < -0.4 is 15.5 Å². The number of benzene rings is 1. The molecule has 0 saturated carbocycles. The van der Waals surface area contributed by atoms with Crippen molar-refractivity contribution in [3.63, 3.8) is 0 Å². The Morgan fingerprint density at radius 1 is 1.00 bits per heavy atom. The molecule has 3 saturated heterocycles. The summed E-state index contributed by atoms with van der Waals surface area (Å²) in [5.74, 6) is 2.36. The Kier molecular flexibility index (Phi) is 7.63. The molecule has 0 spiro atoms. The normalized spacial score (nSPS) is 23.6. The van der Waals surface area contributed by atoms with Crippen LogP contribution in [0.4, 0.5) is 17.3 Å². The van der Waals surface area contributed by atoms with Crippen molar-refractivity contribution in [2.24, 2.45) is 0 Å². The molecule has 1 atom stereocenters. The number of aldehydes is 1. The van der Waals surface area contributed by atoms with Gasteiger partial charge in [0.15, 0.2) is 0 Å². The number of piperidine rings is 2. The fourth-order valence-electron chi connectivity index (χ4n) is 6.43. The highest BCUT2D eigenvalue weighted by Gasteiger charge is 2.29. The smallest absolute Gasteiger partial charge is 0.146 e. The fourth-order valence-corrected chi connectivity index (χ4v) is 6.43. The standard InChI is InChI=1S/C30H40N6O2/c1-34-12-7-23(8-13-34)22-2-4-25(5-3-22)32-30-29-24(6-11-31-27(29)21-37)20-28(33-30)36-14-9-26(10-15-36)35-16-18-38-19-17-35/h2-6,11,20-21,23,26-27,31H,7-10,12-19H2,1H3,(H,32,33). The third kappa shape index (κ3) is 5.44. The van der Waals surface area contributed by atoms with Crippen molar-refractivity contribution in [3.8, 4) is 0 Å². The molecule has 0 bridgehead atoms. The molecule has 202 valence electrons. The van der Waals surface area contributed by atoms with E-state index in [1.54, 1.807) is 0 Å². The summed E-state index contributed by atoms with van der Waals surface area (Å²) in [6.45, 7) is 8.05. The summed E-state index contributed by atoms with van der Waals surface area (Å²) in [6.07, 6.45) is 9.57. The van der Waals surface area contributed by atoms with Gasteiger partial charge in [-0.2, -0.15) is 0 Å². The summed E-state index contributed by atoms with van der Waals surface area (Å²) in [6, 6.07) is 11.2. The molecule has 1 aromatic carbocycles. The van der Waals surface area contributed by atoms with Crippen LogP contribution in [0.25, 0.3) is 6.08 Å². The summed E-state index contributed by atoms with van der Waals surface area (Å²) < 4.78 is 5.55. The van der Waals surface area contributed by atoms with Gasteiger partial charge in [0, 0.05) is 43.5 Å².